The van der Waals surface area contributed by atoms with E-state index in [-0.39, 0.29) is 13.6 Å². The first-order chi connectivity index (χ1) is 27.9. The van der Waals surface area contributed by atoms with Gasteiger partial charge in [0.25, 0.3) is 0 Å². The SMILES string of the molecule is CCc1nc2n(c1C)N=C(c1ccc(N)cc1)c1cc3c(cc1C2)OCO3.Nc1ccc(C2=Nn3c(-c4ccncc4)cnc3Cc3cc4c(cc32)OCO4)cc1. The van der Waals surface area contributed by atoms with Gasteiger partial charge >= 0.3 is 0 Å². The number of ether oxygens (including phenoxy) is 4. The fourth-order valence-corrected chi connectivity index (χ4v) is 7.58. The number of hydrogen-bond donors (Lipinski definition) is 2. The van der Waals surface area contributed by atoms with Crippen molar-refractivity contribution in [2.75, 3.05) is 25.1 Å². The van der Waals surface area contributed by atoms with Crippen LogP contribution in [0.2, 0.25) is 0 Å². The second kappa shape index (κ2) is 13.7. The van der Waals surface area contributed by atoms with Gasteiger partial charge in [0.15, 0.2) is 23.0 Å². The summed E-state index contributed by atoms with van der Waals surface area (Å²) in [4.78, 5) is 13.6. The summed E-state index contributed by atoms with van der Waals surface area (Å²) in [5.41, 5.74) is 25.2. The monoisotopic (exact) mass is 755 g/mol. The number of pyridine rings is 1. The Hall–Kier alpha value is -7.41. The van der Waals surface area contributed by atoms with E-state index in [1.807, 2.05) is 94.4 Å². The molecule has 4 aromatic carbocycles. The van der Waals surface area contributed by atoms with Crippen LogP contribution in [0.1, 0.15) is 63.3 Å². The van der Waals surface area contributed by atoms with Crippen LogP contribution < -0.4 is 30.4 Å². The van der Waals surface area contributed by atoms with Crippen molar-refractivity contribution < 1.29 is 18.9 Å². The maximum atomic E-state index is 5.92. The summed E-state index contributed by atoms with van der Waals surface area (Å²) in [5, 5.41) is 10.1. The van der Waals surface area contributed by atoms with Gasteiger partial charge < -0.3 is 30.4 Å². The third-order valence-electron chi connectivity index (χ3n) is 10.5. The Morgan fingerprint density at radius 3 is 1.67 bits per heavy atom. The fourth-order valence-electron chi connectivity index (χ4n) is 7.58. The van der Waals surface area contributed by atoms with Gasteiger partial charge in [0, 0.05) is 64.4 Å². The minimum atomic E-state index is 0.230. The Kier molecular flexibility index (Phi) is 8.20. The Morgan fingerprint density at radius 2 is 1.12 bits per heavy atom. The van der Waals surface area contributed by atoms with Crippen LogP contribution in [0.4, 0.5) is 11.4 Å². The number of imidazole rings is 2. The second-order valence-electron chi connectivity index (χ2n) is 14.1. The van der Waals surface area contributed by atoms with Crippen molar-refractivity contribution in [3.8, 4) is 34.3 Å². The molecule has 0 amide bonds. The average molecular weight is 756 g/mol. The normalized spacial score (nSPS) is 14.1. The highest BCUT2D eigenvalue weighted by molar-refractivity contribution is 6.15. The first kappa shape index (κ1) is 34.1. The number of nitrogens with zero attached hydrogens (tertiary/aromatic N) is 7. The molecular weight excluding hydrogens is 719 g/mol. The van der Waals surface area contributed by atoms with E-state index in [9.17, 15) is 0 Å². The van der Waals surface area contributed by atoms with Crippen LogP contribution in [-0.2, 0) is 19.3 Å². The first-order valence-corrected chi connectivity index (χ1v) is 18.7. The zero-order valence-corrected chi connectivity index (χ0v) is 31.3. The molecule has 11 rings (SSSR count). The predicted octanol–water partition coefficient (Wildman–Crippen LogP) is 6.73. The number of rotatable bonds is 4. The van der Waals surface area contributed by atoms with E-state index in [2.05, 4.69) is 29.9 Å². The molecule has 57 heavy (non-hydrogen) atoms. The molecule has 4 aliphatic rings. The molecule has 0 radical (unpaired) electrons. The van der Waals surface area contributed by atoms with Crippen molar-refractivity contribution >= 4 is 22.8 Å². The van der Waals surface area contributed by atoms with Crippen molar-refractivity contribution in [2.45, 2.75) is 33.1 Å². The Morgan fingerprint density at radius 1 is 0.614 bits per heavy atom. The number of nitrogen functional groups attached to an aromatic ring is 2. The van der Waals surface area contributed by atoms with Gasteiger partial charge in [0.05, 0.1) is 34.7 Å². The largest absolute Gasteiger partial charge is 0.454 e. The van der Waals surface area contributed by atoms with Gasteiger partial charge in [-0.1, -0.05) is 31.2 Å². The van der Waals surface area contributed by atoms with Gasteiger partial charge in [-0.2, -0.15) is 10.2 Å². The van der Waals surface area contributed by atoms with E-state index < -0.39 is 0 Å². The van der Waals surface area contributed by atoms with Gasteiger partial charge in [-0.15, -0.1) is 0 Å². The molecule has 7 heterocycles. The highest BCUT2D eigenvalue weighted by Crippen LogP contribution is 2.39. The zero-order valence-electron chi connectivity index (χ0n) is 31.3. The van der Waals surface area contributed by atoms with Gasteiger partial charge in [-0.3, -0.25) is 4.98 Å². The van der Waals surface area contributed by atoms with Crippen LogP contribution in [0.5, 0.6) is 23.0 Å². The number of fused-ring (bicyclic) bond motifs is 6. The van der Waals surface area contributed by atoms with Gasteiger partial charge in [-0.25, -0.2) is 19.3 Å². The van der Waals surface area contributed by atoms with E-state index in [1.54, 1.807) is 12.4 Å². The van der Waals surface area contributed by atoms with Crippen LogP contribution in [0.3, 0.4) is 0 Å². The smallest absolute Gasteiger partial charge is 0.231 e. The van der Waals surface area contributed by atoms with E-state index in [1.165, 1.54) is 0 Å². The van der Waals surface area contributed by atoms with Crippen LogP contribution in [0.25, 0.3) is 11.3 Å². The summed E-state index contributed by atoms with van der Waals surface area (Å²) >= 11 is 0. The minimum absolute atomic E-state index is 0.230. The number of hydrogen-bond acceptors (Lipinski definition) is 11. The maximum Gasteiger partial charge on any atom is 0.231 e. The quantitative estimate of drug-likeness (QED) is 0.186. The van der Waals surface area contributed by atoms with E-state index in [4.69, 9.17) is 45.6 Å². The number of aromatic nitrogens is 5. The molecule has 7 aromatic rings. The van der Waals surface area contributed by atoms with Crippen molar-refractivity contribution in [2.24, 2.45) is 10.2 Å². The van der Waals surface area contributed by atoms with Crippen LogP contribution >= 0.6 is 0 Å². The molecule has 0 saturated heterocycles. The van der Waals surface area contributed by atoms with Crippen LogP contribution in [-0.4, -0.2) is 49.3 Å². The lowest BCUT2D eigenvalue weighted by Gasteiger charge is -2.11. The molecule has 0 atom stereocenters. The van der Waals surface area contributed by atoms with E-state index >= 15 is 0 Å². The zero-order chi connectivity index (χ0) is 38.6. The molecule has 0 bridgehead atoms. The number of aryl methyl sites for hydroxylation is 1. The lowest BCUT2D eigenvalue weighted by Crippen LogP contribution is -2.08. The molecule has 0 saturated carbocycles. The Balaban J connectivity index is 0.000000140. The number of anilines is 2. The van der Waals surface area contributed by atoms with Crippen LogP contribution in [0.15, 0.2) is 114 Å². The van der Waals surface area contributed by atoms with Crippen molar-refractivity contribution in [3.05, 3.63) is 160 Å². The number of nitrogens with two attached hydrogens (primary N) is 2. The Bertz CT molecular complexity index is 2750. The molecule has 0 fully saturated rings. The second-order valence-corrected chi connectivity index (χ2v) is 14.1. The summed E-state index contributed by atoms with van der Waals surface area (Å²) in [7, 11) is 0. The highest BCUT2D eigenvalue weighted by Gasteiger charge is 2.28. The van der Waals surface area contributed by atoms with Gasteiger partial charge in [-0.05, 0) is 85.1 Å². The van der Waals surface area contributed by atoms with E-state index in [0.29, 0.717) is 18.5 Å². The highest BCUT2D eigenvalue weighted by atomic mass is 16.7. The molecule has 4 N–H and O–H groups in total. The third-order valence-corrected chi connectivity index (χ3v) is 10.5. The lowest BCUT2D eigenvalue weighted by molar-refractivity contribution is 0.173. The summed E-state index contributed by atoms with van der Waals surface area (Å²) in [6, 6.07) is 27.5. The fraction of sp³-hybridized carbons (Fsp3) is 0.159. The molecular formula is C44H37N9O4. The molecule has 0 aliphatic carbocycles. The van der Waals surface area contributed by atoms with Crippen molar-refractivity contribution in [3.63, 3.8) is 0 Å². The molecule has 13 heteroatoms. The first-order valence-electron chi connectivity index (χ1n) is 18.7. The summed E-state index contributed by atoms with van der Waals surface area (Å²) in [5.74, 6) is 4.80. The maximum absolute atomic E-state index is 5.92. The summed E-state index contributed by atoms with van der Waals surface area (Å²) in [6.45, 7) is 4.67. The average Bonchev–Trinajstić information content (AvgIpc) is 4.01. The van der Waals surface area contributed by atoms with Crippen LogP contribution in [0, 0.1) is 6.92 Å². The van der Waals surface area contributed by atoms with Crippen molar-refractivity contribution in [1.29, 1.82) is 0 Å². The molecule has 13 nitrogen and oxygen atoms in total. The minimum Gasteiger partial charge on any atom is -0.454 e. The predicted molar refractivity (Wildman–Crippen MR) is 216 cm³/mol. The van der Waals surface area contributed by atoms with E-state index in [0.717, 1.165) is 114 Å². The summed E-state index contributed by atoms with van der Waals surface area (Å²) in [6.07, 6.45) is 7.59. The van der Waals surface area contributed by atoms with Gasteiger partial charge in [0.1, 0.15) is 11.6 Å². The molecule has 3 aromatic heterocycles. The number of benzene rings is 4. The lowest BCUT2D eigenvalue weighted by atomic mass is 9.95. The molecule has 4 aliphatic heterocycles. The molecule has 0 spiro atoms. The molecule has 0 unspecified atom stereocenters. The third kappa shape index (κ3) is 6.09. The van der Waals surface area contributed by atoms with Crippen molar-refractivity contribution in [1.82, 2.24) is 24.3 Å². The summed E-state index contributed by atoms with van der Waals surface area (Å²) < 4.78 is 26.3. The standard InChI is InChI=1S/C23H17N5O2.C21H20N4O2/c24-17-3-1-15(2-4-17)23-18-11-21-20(29-13-30-21)9-16(18)10-22-26-12-19(28(22)27-23)14-5-7-25-8-6-14;1-3-17-12(2)25-20(23-17)9-14-8-18-19(27-11-26-18)10-16(14)21(24-25)13-4-6-15(22)7-5-13/h1-9,11-12H,10,13,24H2;4-8,10H,3,9,11,22H2,1-2H3. The molecule has 282 valence electrons. The van der Waals surface area contributed by atoms with Gasteiger partial charge in [0.2, 0.25) is 13.6 Å². The topological polar surface area (TPSA) is 162 Å². The Labute approximate surface area is 327 Å².